The Labute approximate surface area is 150 Å². The van der Waals surface area contributed by atoms with Gasteiger partial charge in [0.1, 0.15) is 23.1 Å². The van der Waals surface area contributed by atoms with Gasteiger partial charge in [-0.2, -0.15) is 0 Å². The van der Waals surface area contributed by atoms with Gasteiger partial charge in [-0.05, 0) is 37.8 Å². The van der Waals surface area contributed by atoms with Gasteiger partial charge in [0.25, 0.3) is 0 Å². The second-order valence-corrected chi connectivity index (χ2v) is 6.59. The van der Waals surface area contributed by atoms with Gasteiger partial charge in [-0.25, -0.2) is 19.2 Å². The fourth-order valence-corrected chi connectivity index (χ4v) is 3.17. The highest BCUT2D eigenvalue weighted by Crippen LogP contribution is 2.36. The maximum absolute atomic E-state index is 14.2. The zero-order chi connectivity index (χ0) is 18.9. The van der Waals surface area contributed by atoms with Crippen molar-refractivity contribution in [2.24, 2.45) is 5.73 Å². The Balaban J connectivity index is 1.91. The summed E-state index contributed by atoms with van der Waals surface area (Å²) in [5, 5.41) is 9.88. The van der Waals surface area contributed by atoms with E-state index < -0.39 is 17.5 Å². The van der Waals surface area contributed by atoms with Crippen LogP contribution in [0, 0.1) is 5.82 Å². The van der Waals surface area contributed by atoms with Crippen LogP contribution in [0.1, 0.15) is 47.7 Å². The number of hydrogen-bond donors (Lipinski definition) is 3. The predicted molar refractivity (Wildman–Crippen MR) is 93.5 cm³/mol. The van der Waals surface area contributed by atoms with Gasteiger partial charge >= 0.3 is 5.97 Å². The Morgan fingerprint density at radius 1 is 1.38 bits per heavy atom. The molecule has 5 N–H and O–H groups in total. The first kappa shape index (κ1) is 18.2. The first-order valence-corrected chi connectivity index (χ1v) is 8.32. The van der Waals surface area contributed by atoms with E-state index in [4.69, 9.17) is 11.5 Å². The highest BCUT2D eigenvalue weighted by atomic mass is 19.1. The summed E-state index contributed by atoms with van der Waals surface area (Å²) < 4.78 is 18.8. The molecule has 1 saturated carbocycles. The van der Waals surface area contributed by atoms with Crippen molar-refractivity contribution in [2.75, 3.05) is 12.8 Å². The standard InChI is InChI=1S/C18H21FN4O3/c1-26-17(24)12-3-2-11(8-13(12)19)15-16(20)22-9-14(23-15)10-4-6-18(21,25)7-5-10/h2-3,8-10,25H,4-7,21H2,1H3,(H2,20,22). The summed E-state index contributed by atoms with van der Waals surface area (Å²) >= 11 is 0. The van der Waals surface area contributed by atoms with Crippen LogP contribution in [0.15, 0.2) is 24.4 Å². The van der Waals surface area contributed by atoms with Gasteiger partial charge < -0.3 is 21.3 Å². The molecular weight excluding hydrogens is 339 g/mol. The lowest BCUT2D eigenvalue weighted by Gasteiger charge is -2.32. The van der Waals surface area contributed by atoms with E-state index in [0.717, 1.165) is 5.69 Å². The Kier molecular flexibility index (Phi) is 4.88. The molecule has 1 aliphatic rings. The van der Waals surface area contributed by atoms with E-state index in [-0.39, 0.29) is 17.3 Å². The molecular formula is C18H21FN4O3. The van der Waals surface area contributed by atoms with Crippen molar-refractivity contribution in [1.82, 2.24) is 9.97 Å². The van der Waals surface area contributed by atoms with Crippen molar-refractivity contribution in [1.29, 1.82) is 0 Å². The molecule has 7 nitrogen and oxygen atoms in total. The third-order valence-corrected chi connectivity index (χ3v) is 4.74. The molecule has 138 valence electrons. The first-order valence-electron chi connectivity index (χ1n) is 8.32. The minimum atomic E-state index is -1.13. The molecule has 1 aromatic heterocycles. The van der Waals surface area contributed by atoms with Gasteiger partial charge in [0, 0.05) is 11.5 Å². The molecule has 3 rings (SSSR count). The molecule has 0 aliphatic heterocycles. The number of carbonyl (C=O) groups is 1. The quantitative estimate of drug-likeness (QED) is 0.564. The van der Waals surface area contributed by atoms with Crippen LogP contribution in [-0.4, -0.2) is 33.9 Å². The first-order chi connectivity index (χ1) is 12.3. The number of rotatable bonds is 3. The number of aromatic nitrogens is 2. The van der Waals surface area contributed by atoms with Crippen LogP contribution in [0.4, 0.5) is 10.2 Å². The smallest absolute Gasteiger partial charge is 0.340 e. The van der Waals surface area contributed by atoms with E-state index in [9.17, 15) is 14.3 Å². The van der Waals surface area contributed by atoms with Crippen molar-refractivity contribution in [3.05, 3.63) is 41.5 Å². The number of esters is 1. The average Bonchev–Trinajstić information content (AvgIpc) is 2.61. The van der Waals surface area contributed by atoms with E-state index in [2.05, 4.69) is 14.7 Å². The molecule has 1 aliphatic carbocycles. The number of ether oxygens (including phenoxy) is 1. The predicted octanol–water partition coefficient (Wildman–Crippen LogP) is 1.96. The number of nitrogens with two attached hydrogens (primary N) is 2. The zero-order valence-corrected chi connectivity index (χ0v) is 14.4. The molecule has 0 bridgehead atoms. The number of carbonyl (C=O) groups excluding carboxylic acids is 1. The van der Waals surface area contributed by atoms with Gasteiger partial charge in [-0.15, -0.1) is 0 Å². The van der Waals surface area contributed by atoms with Crippen LogP contribution in [0.2, 0.25) is 0 Å². The third kappa shape index (κ3) is 3.66. The maximum atomic E-state index is 14.2. The fourth-order valence-electron chi connectivity index (χ4n) is 3.17. The van der Waals surface area contributed by atoms with E-state index >= 15 is 0 Å². The maximum Gasteiger partial charge on any atom is 0.340 e. The Hall–Kier alpha value is -2.58. The van der Waals surface area contributed by atoms with Gasteiger partial charge in [0.2, 0.25) is 0 Å². The van der Waals surface area contributed by atoms with Crippen molar-refractivity contribution < 1.29 is 19.0 Å². The van der Waals surface area contributed by atoms with Crippen molar-refractivity contribution in [2.45, 2.75) is 37.3 Å². The molecule has 1 aromatic carbocycles. The van der Waals surface area contributed by atoms with Crippen molar-refractivity contribution in [3.8, 4) is 11.3 Å². The van der Waals surface area contributed by atoms with Crippen molar-refractivity contribution in [3.63, 3.8) is 0 Å². The van der Waals surface area contributed by atoms with Crippen LogP contribution in [-0.2, 0) is 4.74 Å². The molecule has 0 unspecified atom stereocenters. The van der Waals surface area contributed by atoms with E-state index in [0.29, 0.717) is 36.9 Å². The third-order valence-electron chi connectivity index (χ3n) is 4.74. The van der Waals surface area contributed by atoms with E-state index in [1.807, 2.05) is 0 Å². The molecule has 2 aromatic rings. The molecule has 0 atom stereocenters. The summed E-state index contributed by atoms with van der Waals surface area (Å²) in [5.41, 5.74) is 11.9. The molecule has 0 spiro atoms. The summed E-state index contributed by atoms with van der Waals surface area (Å²) in [6.07, 6.45) is 3.91. The Morgan fingerprint density at radius 2 is 2.08 bits per heavy atom. The largest absolute Gasteiger partial charge is 0.465 e. The molecule has 1 heterocycles. The topological polar surface area (TPSA) is 124 Å². The van der Waals surface area contributed by atoms with Gasteiger partial charge in [0.15, 0.2) is 0 Å². The van der Waals surface area contributed by atoms with Crippen molar-refractivity contribution >= 4 is 11.8 Å². The Morgan fingerprint density at radius 3 is 2.69 bits per heavy atom. The SMILES string of the molecule is COC(=O)c1ccc(-c2nc(C3CCC(N)(O)CC3)cnc2N)cc1F. The lowest BCUT2D eigenvalue weighted by atomic mass is 9.82. The van der Waals surface area contributed by atoms with Gasteiger partial charge in [-0.1, -0.05) is 6.07 Å². The summed E-state index contributed by atoms with van der Waals surface area (Å²) in [7, 11) is 1.19. The fraction of sp³-hybridized carbons (Fsp3) is 0.389. The summed E-state index contributed by atoms with van der Waals surface area (Å²) in [5.74, 6) is -1.19. The van der Waals surface area contributed by atoms with Crippen LogP contribution >= 0.6 is 0 Å². The van der Waals surface area contributed by atoms with Crippen LogP contribution < -0.4 is 11.5 Å². The monoisotopic (exact) mass is 360 g/mol. The summed E-state index contributed by atoms with van der Waals surface area (Å²) in [6.45, 7) is 0. The minimum absolute atomic E-state index is 0.102. The highest BCUT2D eigenvalue weighted by Gasteiger charge is 2.31. The van der Waals surface area contributed by atoms with Gasteiger partial charge in [0.05, 0.1) is 24.6 Å². The second-order valence-electron chi connectivity index (χ2n) is 6.59. The number of nitrogen functional groups attached to an aromatic ring is 1. The number of anilines is 1. The normalized spacial score (nSPS) is 22.8. The zero-order valence-electron chi connectivity index (χ0n) is 14.4. The molecule has 0 amide bonds. The summed E-state index contributed by atoms with van der Waals surface area (Å²) in [6, 6.07) is 4.08. The van der Waals surface area contributed by atoms with Gasteiger partial charge in [-0.3, -0.25) is 0 Å². The lowest BCUT2D eigenvalue weighted by molar-refractivity contribution is 0.00486. The lowest BCUT2D eigenvalue weighted by Crippen LogP contribution is -2.42. The molecule has 0 radical (unpaired) electrons. The van der Waals surface area contributed by atoms with Crippen LogP contribution in [0.25, 0.3) is 11.3 Å². The number of methoxy groups -OCH3 is 1. The minimum Gasteiger partial charge on any atom is -0.465 e. The summed E-state index contributed by atoms with van der Waals surface area (Å²) in [4.78, 5) is 20.3. The molecule has 0 saturated heterocycles. The number of aliphatic hydroxyl groups is 1. The average molecular weight is 360 g/mol. The Bertz CT molecular complexity index is 831. The van der Waals surface area contributed by atoms with E-state index in [1.54, 1.807) is 12.3 Å². The number of halogens is 1. The number of hydrogen-bond acceptors (Lipinski definition) is 7. The van der Waals surface area contributed by atoms with Crippen LogP contribution in [0.3, 0.4) is 0 Å². The molecule has 1 fully saturated rings. The highest BCUT2D eigenvalue weighted by molar-refractivity contribution is 5.90. The second kappa shape index (κ2) is 6.97. The number of benzene rings is 1. The molecule has 26 heavy (non-hydrogen) atoms. The van der Waals surface area contributed by atoms with Crippen LogP contribution in [0.5, 0.6) is 0 Å². The van der Waals surface area contributed by atoms with E-state index in [1.165, 1.54) is 19.2 Å². The molecule has 8 heteroatoms. The number of nitrogens with zero attached hydrogens (tertiary/aromatic N) is 2.